The number of carbonyl (C=O) groups excluding carboxylic acids is 2. The summed E-state index contributed by atoms with van der Waals surface area (Å²) in [6, 6.07) is 3.27. The molecule has 0 spiro atoms. The van der Waals surface area contributed by atoms with Gasteiger partial charge in [-0.2, -0.15) is 0 Å². The molecule has 2 amide bonds. The maximum absolute atomic E-state index is 12.2. The van der Waals surface area contributed by atoms with Crippen molar-refractivity contribution in [2.45, 2.75) is 38.2 Å². The summed E-state index contributed by atoms with van der Waals surface area (Å²) >= 11 is 0. The summed E-state index contributed by atoms with van der Waals surface area (Å²) in [5, 5.41) is 0. The molecule has 3 rings (SSSR count). The average molecular weight is 303 g/mol. The predicted molar refractivity (Wildman–Crippen MR) is 80.3 cm³/mol. The van der Waals surface area contributed by atoms with E-state index in [1.807, 2.05) is 4.90 Å². The van der Waals surface area contributed by atoms with Gasteiger partial charge >= 0.3 is 0 Å². The zero-order valence-corrected chi connectivity index (χ0v) is 12.5. The molecule has 1 saturated heterocycles. The number of pyridine rings is 1. The predicted octanol–water partition coefficient (Wildman–Crippen LogP) is 1.35. The van der Waals surface area contributed by atoms with Crippen LogP contribution in [0.2, 0.25) is 0 Å². The number of likely N-dealkylation sites (tertiary alicyclic amines) is 1. The quantitative estimate of drug-likeness (QED) is 0.909. The summed E-state index contributed by atoms with van der Waals surface area (Å²) in [6.07, 6.45) is 6.40. The van der Waals surface area contributed by atoms with Gasteiger partial charge in [0.05, 0.1) is 5.56 Å². The molecule has 2 fully saturated rings. The van der Waals surface area contributed by atoms with Crippen molar-refractivity contribution >= 4 is 11.8 Å². The number of primary amides is 1. The Labute approximate surface area is 129 Å². The number of hydrogen-bond donors (Lipinski definition) is 1. The van der Waals surface area contributed by atoms with Crippen LogP contribution in [0.15, 0.2) is 18.3 Å². The fraction of sp³-hybridized carbons (Fsp3) is 0.562. The van der Waals surface area contributed by atoms with E-state index in [-0.39, 0.29) is 12.0 Å². The van der Waals surface area contributed by atoms with Crippen molar-refractivity contribution in [1.82, 2.24) is 9.88 Å². The van der Waals surface area contributed by atoms with Crippen LogP contribution in [0.4, 0.5) is 0 Å². The first-order valence-electron chi connectivity index (χ1n) is 7.85. The molecular weight excluding hydrogens is 282 g/mol. The van der Waals surface area contributed by atoms with E-state index in [4.69, 9.17) is 10.5 Å². The lowest BCUT2D eigenvalue weighted by Crippen LogP contribution is -2.45. The third kappa shape index (κ3) is 3.21. The largest absolute Gasteiger partial charge is 0.474 e. The lowest BCUT2D eigenvalue weighted by Gasteiger charge is -2.36. The first kappa shape index (κ1) is 14.8. The molecule has 0 radical (unpaired) electrons. The minimum absolute atomic E-state index is 0.0670. The third-order valence-electron chi connectivity index (χ3n) is 4.52. The van der Waals surface area contributed by atoms with Crippen LogP contribution in [0.5, 0.6) is 5.88 Å². The van der Waals surface area contributed by atoms with E-state index in [0.717, 1.165) is 38.8 Å². The second-order valence-corrected chi connectivity index (χ2v) is 6.02. The summed E-state index contributed by atoms with van der Waals surface area (Å²) in [5.74, 6) is 0.574. The van der Waals surface area contributed by atoms with Crippen molar-refractivity contribution in [1.29, 1.82) is 0 Å². The van der Waals surface area contributed by atoms with Gasteiger partial charge in [-0.3, -0.25) is 9.59 Å². The van der Waals surface area contributed by atoms with Crippen molar-refractivity contribution in [2.24, 2.45) is 11.7 Å². The molecule has 2 heterocycles. The first-order chi connectivity index (χ1) is 10.6. The molecule has 1 saturated carbocycles. The van der Waals surface area contributed by atoms with Crippen LogP contribution in [-0.2, 0) is 4.79 Å². The van der Waals surface area contributed by atoms with Gasteiger partial charge < -0.3 is 15.4 Å². The molecule has 1 aliphatic heterocycles. The highest BCUT2D eigenvalue weighted by atomic mass is 16.5. The zero-order valence-electron chi connectivity index (χ0n) is 12.5. The van der Waals surface area contributed by atoms with Gasteiger partial charge in [-0.15, -0.1) is 0 Å². The van der Waals surface area contributed by atoms with E-state index < -0.39 is 5.91 Å². The lowest BCUT2D eigenvalue weighted by molar-refractivity contribution is -0.140. The lowest BCUT2D eigenvalue weighted by atomic mass is 9.84. The Morgan fingerprint density at radius 3 is 2.41 bits per heavy atom. The van der Waals surface area contributed by atoms with Gasteiger partial charge in [-0.05, 0) is 18.9 Å². The van der Waals surface area contributed by atoms with Crippen molar-refractivity contribution in [2.75, 3.05) is 13.1 Å². The normalized spacial score (nSPS) is 19.5. The monoisotopic (exact) mass is 303 g/mol. The van der Waals surface area contributed by atoms with Gasteiger partial charge in [-0.1, -0.05) is 6.42 Å². The van der Waals surface area contributed by atoms with Crippen LogP contribution < -0.4 is 10.5 Å². The highest BCUT2D eigenvalue weighted by molar-refractivity contribution is 5.92. The zero-order chi connectivity index (χ0) is 15.5. The van der Waals surface area contributed by atoms with Gasteiger partial charge in [0.25, 0.3) is 0 Å². The average Bonchev–Trinajstić information content (AvgIpc) is 2.46. The van der Waals surface area contributed by atoms with Gasteiger partial charge in [0.2, 0.25) is 17.7 Å². The fourth-order valence-electron chi connectivity index (χ4n) is 2.87. The second-order valence-electron chi connectivity index (χ2n) is 6.02. The molecule has 0 atom stereocenters. The maximum Gasteiger partial charge on any atom is 0.250 e. The summed E-state index contributed by atoms with van der Waals surface area (Å²) < 4.78 is 5.82. The van der Waals surface area contributed by atoms with Crippen LogP contribution in [-0.4, -0.2) is 40.9 Å². The molecule has 1 aliphatic carbocycles. The molecule has 2 N–H and O–H groups in total. The second kappa shape index (κ2) is 6.34. The Morgan fingerprint density at radius 1 is 1.18 bits per heavy atom. The van der Waals surface area contributed by atoms with Gasteiger partial charge in [0.15, 0.2) is 0 Å². The molecule has 1 aromatic rings. The van der Waals surface area contributed by atoms with Crippen LogP contribution in [0.1, 0.15) is 42.5 Å². The van der Waals surface area contributed by atoms with E-state index in [1.165, 1.54) is 12.6 Å². The molecule has 2 aliphatic rings. The van der Waals surface area contributed by atoms with Crippen LogP contribution in [0.25, 0.3) is 0 Å². The van der Waals surface area contributed by atoms with Crippen molar-refractivity contribution in [3.05, 3.63) is 23.9 Å². The fourth-order valence-corrected chi connectivity index (χ4v) is 2.87. The van der Waals surface area contributed by atoms with E-state index in [0.29, 0.717) is 17.4 Å². The number of nitrogens with two attached hydrogens (primary N) is 1. The molecule has 0 aromatic carbocycles. The number of hydrogen-bond acceptors (Lipinski definition) is 4. The van der Waals surface area contributed by atoms with Gasteiger partial charge in [0.1, 0.15) is 6.10 Å². The minimum Gasteiger partial charge on any atom is -0.474 e. The van der Waals surface area contributed by atoms with Crippen molar-refractivity contribution in [3.8, 4) is 5.88 Å². The number of aromatic nitrogens is 1. The topological polar surface area (TPSA) is 85.5 Å². The Bertz CT molecular complexity index is 546. The van der Waals surface area contributed by atoms with Gasteiger partial charge in [0, 0.05) is 44.1 Å². The molecular formula is C16H21N3O3. The van der Waals surface area contributed by atoms with Gasteiger partial charge in [-0.25, -0.2) is 4.98 Å². The number of rotatable bonds is 4. The van der Waals surface area contributed by atoms with E-state index in [9.17, 15) is 9.59 Å². The molecule has 0 unspecified atom stereocenters. The third-order valence-corrected chi connectivity index (χ3v) is 4.52. The summed E-state index contributed by atoms with van der Waals surface area (Å²) in [6.45, 7) is 1.50. The smallest absolute Gasteiger partial charge is 0.250 e. The number of ether oxygens (including phenoxy) is 1. The molecule has 1 aromatic heterocycles. The highest BCUT2D eigenvalue weighted by Gasteiger charge is 2.32. The Hall–Kier alpha value is -2.11. The SMILES string of the molecule is NC(=O)c1ccc(OC2CCN(C(=O)C3CCC3)CC2)nc1. The Kier molecular flexibility index (Phi) is 4.27. The number of amides is 2. The molecule has 22 heavy (non-hydrogen) atoms. The highest BCUT2D eigenvalue weighted by Crippen LogP contribution is 2.29. The summed E-state index contributed by atoms with van der Waals surface area (Å²) in [4.78, 5) is 29.2. The Balaban J connectivity index is 1.49. The summed E-state index contributed by atoms with van der Waals surface area (Å²) in [7, 11) is 0. The number of nitrogens with zero attached hydrogens (tertiary/aromatic N) is 2. The molecule has 0 bridgehead atoms. The van der Waals surface area contributed by atoms with Crippen molar-refractivity contribution < 1.29 is 14.3 Å². The van der Waals surface area contributed by atoms with E-state index in [2.05, 4.69) is 4.98 Å². The molecule has 118 valence electrons. The number of piperidine rings is 1. The standard InChI is InChI=1S/C16H21N3O3/c17-15(20)12-4-5-14(18-10-12)22-13-6-8-19(9-7-13)16(21)11-2-1-3-11/h4-5,10-11,13H,1-3,6-9H2,(H2,17,20). The van der Waals surface area contributed by atoms with E-state index >= 15 is 0 Å². The van der Waals surface area contributed by atoms with Crippen LogP contribution in [0.3, 0.4) is 0 Å². The molecule has 6 nitrogen and oxygen atoms in total. The molecule has 6 heteroatoms. The maximum atomic E-state index is 12.2. The van der Waals surface area contributed by atoms with Crippen LogP contribution >= 0.6 is 0 Å². The van der Waals surface area contributed by atoms with Crippen molar-refractivity contribution in [3.63, 3.8) is 0 Å². The van der Waals surface area contributed by atoms with E-state index in [1.54, 1.807) is 12.1 Å². The summed E-state index contributed by atoms with van der Waals surface area (Å²) in [5.41, 5.74) is 5.54. The minimum atomic E-state index is -0.498. The van der Waals surface area contributed by atoms with Crippen LogP contribution in [0, 0.1) is 5.92 Å². The Morgan fingerprint density at radius 2 is 1.91 bits per heavy atom. The number of carbonyl (C=O) groups is 2. The first-order valence-corrected chi connectivity index (χ1v) is 7.85.